The highest BCUT2D eigenvalue weighted by molar-refractivity contribution is 5.91. The van der Waals surface area contributed by atoms with Crippen LogP contribution in [-0.4, -0.2) is 30.5 Å². The van der Waals surface area contributed by atoms with Crippen LogP contribution in [0, 0.1) is 20.8 Å². The third kappa shape index (κ3) is 3.84. The molecule has 0 aliphatic carbocycles. The number of hydrogen-bond acceptors (Lipinski definition) is 5. The number of benzene rings is 2. The summed E-state index contributed by atoms with van der Waals surface area (Å²) >= 11 is 0. The van der Waals surface area contributed by atoms with Gasteiger partial charge in [-0.1, -0.05) is 47.2 Å². The number of anilines is 1. The number of rotatable bonds is 5. The van der Waals surface area contributed by atoms with Crippen LogP contribution in [0.5, 0.6) is 0 Å². The zero-order valence-electron chi connectivity index (χ0n) is 17.1. The second-order valence-corrected chi connectivity index (χ2v) is 7.39. The van der Waals surface area contributed by atoms with Crippen molar-refractivity contribution in [1.29, 1.82) is 0 Å². The van der Waals surface area contributed by atoms with E-state index in [0.29, 0.717) is 12.2 Å². The second-order valence-electron chi connectivity index (χ2n) is 7.39. The number of fused-ring (bicyclic) bond motifs is 1. The Hall–Kier alpha value is -3.81. The van der Waals surface area contributed by atoms with Crippen molar-refractivity contribution in [1.82, 2.24) is 24.5 Å². The monoisotopic (exact) mass is 402 g/mol. The fourth-order valence-electron chi connectivity index (χ4n) is 3.35. The molecule has 4 rings (SSSR count). The molecule has 30 heavy (non-hydrogen) atoms. The summed E-state index contributed by atoms with van der Waals surface area (Å²) in [4.78, 5) is 29.6. The third-order valence-electron chi connectivity index (χ3n) is 5.04. The molecule has 0 saturated heterocycles. The molecular formula is C22H22N6O2. The Morgan fingerprint density at radius 1 is 1.07 bits per heavy atom. The van der Waals surface area contributed by atoms with Crippen molar-refractivity contribution < 1.29 is 4.79 Å². The highest BCUT2D eigenvalue weighted by Crippen LogP contribution is 2.16. The van der Waals surface area contributed by atoms with E-state index in [1.807, 2.05) is 63.2 Å². The van der Waals surface area contributed by atoms with Gasteiger partial charge < -0.3 is 5.32 Å². The maximum Gasteiger partial charge on any atom is 0.283 e. The molecule has 0 spiro atoms. The second kappa shape index (κ2) is 7.90. The lowest BCUT2D eigenvalue weighted by atomic mass is 10.1. The van der Waals surface area contributed by atoms with E-state index in [2.05, 4.69) is 20.6 Å². The van der Waals surface area contributed by atoms with Gasteiger partial charge in [-0.15, -0.1) is 5.10 Å². The van der Waals surface area contributed by atoms with Crippen molar-refractivity contribution in [2.75, 3.05) is 5.32 Å². The predicted molar refractivity (Wildman–Crippen MR) is 114 cm³/mol. The van der Waals surface area contributed by atoms with Gasteiger partial charge >= 0.3 is 0 Å². The van der Waals surface area contributed by atoms with Crippen molar-refractivity contribution in [2.45, 2.75) is 33.9 Å². The molecule has 1 amide bonds. The number of hydrogen-bond donors (Lipinski definition) is 1. The van der Waals surface area contributed by atoms with E-state index in [1.165, 1.54) is 10.9 Å². The smallest absolute Gasteiger partial charge is 0.283 e. The Bertz CT molecular complexity index is 1300. The van der Waals surface area contributed by atoms with Crippen LogP contribution in [0.1, 0.15) is 22.3 Å². The van der Waals surface area contributed by atoms with Gasteiger partial charge in [0, 0.05) is 5.69 Å². The van der Waals surface area contributed by atoms with Gasteiger partial charge in [0.15, 0.2) is 11.2 Å². The first-order valence-electron chi connectivity index (χ1n) is 9.62. The van der Waals surface area contributed by atoms with Gasteiger partial charge in [-0.25, -0.2) is 9.67 Å². The van der Waals surface area contributed by atoms with Gasteiger partial charge in [0.2, 0.25) is 5.91 Å². The lowest BCUT2D eigenvalue weighted by molar-refractivity contribution is -0.116. The number of nitrogens with one attached hydrogen (secondary N) is 1. The van der Waals surface area contributed by atoms with E-state index >= 15 is 0 Å². The highest BCUT2D eigenvalue weighted by Gasteiger charge is 2.15. The molecule has 2 aromatic heterocycles. The minimum Gasteiger partial charge on any atom is -0.324 e. The van der Waals surface area contributed by atoms with Gasteiger partial charge in [0.05, 0.1) is 6.54 Å². The number of carbonyl (C=O) groups excluding carboxylic acids is 1. The highest BCUT2D eigenvalue weighted by atomic mass is 16.2. The molecule has 0 bridgehead atoms. The molecular weight excluding hydrogens is 380 g/mol. The number of carbonyl (C=O) groups is 1. The van der Waals surface area contributed by atoms with Crippen LogP contribution in [0.2, 0.25) is 0 Å². The number of aromatic nitrogens is 5. The first-order chi connectivity index (χ1) is 14.4. The van der Waals surface area contributed by atoms with E-state index in [9.17, 15) is 9.59 Å². The van der Waals surface area contributed by atoms with Crippen molar-refractivity contribution >= 4 is 22.8 Å². The van der Waals surface area contributed by atoms with Crippen molar-refractivity contribution in [2.24, 2.45) is 0 Å². The minimum absolute atomic E-state index is 0.144. The van der Waals surface area contributed by atoms with E-state index in [4.69, 9.17) is 0 Å². The summed E-state index contributed by atoms with van der Waals surface area (Å²) < 4.78 is 2.84. The molecule has 8 nitrogen and oxygen atoms in total. The Labute approximate surface area is 173 Å². The lowest BCUT2D eigenvalue weighted by Gasteiger charge is -2.10. The number of aryl methyl sites for hydroxylation is 3. The largest absolute Gasteiger partial charge is 0.324 e. The van der Waals surface area contributed by atoms with Crippen LogP contribution in [0.4, 0.5) is 5.69 Å². The molecule has 2 heterocycles. The summed E-state index contributed by atoms with van der Waals surface area (Å²) in [6.07, 6.45) is 1.37. The maximum absolute atomic E-state index is 12.8. The van der Waals surface area contributed by atoms with Gasteiger partial charge in [-0.2, -0.15) is 0 Å². The number of nitrogens with zero attached hydrogens (tertiary/aromatic N) is 5. The van der Waals surface area contributed by atoms with Crippen molar-refractivity contribution in [3.8, 4) is 0 Å². The van der Waals surface area contributed by atoms with Gasteiger partial charge in [0.1, 0.15) is 12.9 Å². The minimum atomic E-state index is -0.396. The quantitative estimate of drug-likeness (QED) is 0.554. The lowest BCUT2D eigenvalue weighted by Crippen LogP contribution is -2.28. The van der Waals surface area contributed by atoms with E-state index in [-0.39, 0.29) is 18.0 Å². The molecule has 0 unspecified atom stereocenters. The molecule has 8 heteroatoms. The summed E-state index contributed by atoms with van der Waals surface area (Å²) in [5.41, 5.74) is 5.14. The van der Waals surface area contributed by atoms with Gasteiger partial charge in [-0.3, -0.25) is 14.2 Å². The summed E-state index contributed by atoms with van der Waals surface area (Å²) in [6, 6.07) is 13.7. The van der Waals surface area contributed by atoms with Gasteiger partial charge in [-0.05, 0) is 43.5 Å². The summed E-state index contributed by atoms with van der Waals surface area (Å²) in [5, 5.41) is 10.9. The molecule has 0 fully saturated rings. The molecule has 152 valence electrons. The zero-order chi connectivity index (χ0) is 21.3. The number of amides is 1. The summed E-state index contributed by atoms with van der Waals surface area (Å²) in [6.45, 7) is 6.25. The molecule has 2 aromatic carbocycles. The Morgan fingerprint density at radius 2 is 1.87 bits per heavy atom. The van der Waals surface area contributed by atoms with Crippen molar-refractivity contribution in [3.63, 3.8) is 0 Å². The van der Waals surface area contributed by atoms with E-state index < -0.39 is 5.56 Å². The molecule has 0 aliphatic rings. The van der Waals surface area contributed by atoms with Crippen LogP contribution in [-0.2, 0) is 17.9 Å². The average molecular weight is 402 g/mol. The Balaban J connectivity index is 1.56. The van der Waals surface area contributed by atoms with Crippen LogP contribution in [0.3, 0.4) is 0 Å². The summed E-state index contributed by atoms with van der Waals surface area (Å²) in [7, 11) is 0. The molecule has 0 atom stereocenters. The predicted octanol–water partition coefficient (Wildman–Crippen LogP) is 2.60. The molecule has 4 aromatic rings. The fourth-order valence-corrected chi connectivity index (χ4v) is 3.35. The van der Waals surface area contributed by atoms with Crippen LogP contribution in [0.25, 0.3) is 11.2 Å². The van der Waals surface area contributed by atoms with E-state index in [1.54, 1.807) is 4.68 Å². The first kappa shape index (κ1) is 19.5. The normalized spacial score (nSPS) is 11.0. The van der Waals surface area contributed by atoms with Crippen LogP contribution in [0.15, 0.2) is 53.6 Å². The molecule has 1 N–H and O–H groups in total. The van der Waals surface area contributed by atoms with Crippen LogP contribution >= 0.6 is 0 Å². The van der Waals surface area contributed by atoms with E-state index in [0.717, 1.165) is 27.9 Å². The molecule has 0 saturated carbocycles. The standard InChI is InChI=1S/C22H22N6O2/c1-14-8-9-18(16(3)10-14)24-19(29)12-27-13-23-21-20(22(27)30)25-26-28(21)11-17-7-5-4-6-15(17)2/h4-10,13H,11-12H2,1-3H3,(H,24,29). The Kier molecular flexibility index (Phi) is 5.14. The SMILES string of the molecule is Cc1ccc(NC(=O)Cn2cnc3c(nnn3Cc3ccccc3C)c2=O)c(C)c1. The fraction of sp³-hybridized carbons (Fsp3) is 0.227. The average Bonchev–Trinajstić information content (AvgIpc) is 3.12. The first-order valence-corrected chi connectivity index (χ1v) is 9.62. The zero-order valence-corrected chi connectivity index (χ0v) is 17.1. The topological polar surface area (TPSA) is 94.7 Å². The Morgan fingerprint density at radius 3 is 2.63 bits per heavy atom. The van der Waals surface area contributed by atoms with Gasteiger partial charge in [0.25, 0.3) is 5.56 Å². The van der Waals surface area contributed by atoms with Crippen molar-refractivity contribution in [3.05, 3.63) is 81.4 Å². The summed E-state index contributed by atoms with van der Waals surface area (Å²) in [5.74, 6) is -0.308. The van der Waals surface area contributed by atoms with Crippen LogP contribution < -0.4 is 10.9 Å². The molecule has 0 aliphatic heterocycles. The third-order valence-corrected chi connectivity index (χ3v) is 5.04. The maximum atomic E-state index is 12.8. The molecule has 0 radical (unpaired) electrons.